The van der Waals surface area contributed by atoms with Crippen LogP contribution in [0, 0.1) is 20.8 Å². The van der Waals surface area contributed by atoms with Gasteiger partial charge in [0.2, 0.25) is 0 Å². The zero-order valence-electron chi connectivity index (χ0n) is 19.2. The molecular formula is C24H31BN2O4. The molecule has 1 aliphatic heterocycles. The number of benzene rings is 2. The van der Waals surface area contributed by atoms with E-state index in [2.05, 4.69) is 5.43 Å². The number of fused-ring (bicyclic) bond motifs is 1. The second-order valence-corrected chi connectivity index (χ2v) is 9.32. The van der Waals surface area contributed by atoms with Gasteiger partial charge in [-0.25, -0.2) is 5.01 Å². The Bertz CT molecular complexity index is 993. The summed E-state index contributed by atoms with van der Waals surface area (Å²) in [6, 6.07) is 9.27. The number of hydrazine groups is 1. The number of hydrogen-bond acceptors (Lipinski definition) is 4. The Hall–Kier alpha value is -2.80. The van der Waals surface area contributed by atoms with E-state index in [4.69, 9.17) is 4.65 Å². The van der Waals surface area contributed by atoms with Gasteiger partial charge < -0.3 is 9.68 Å². The van der Waals surface area contributed by atoms with Crippen molar-refractivity contribution < 1.29 is 19.3 Å². The predicted molar refractivity (Wildman–Crippen MR) is 122 cm³/mol. The lowest BCUT2D eigenvalue weighted by Gasteiger charge is -2.36. The zero-order chi connectivity index (χ0) is 22.9. The minimum Gasteiger partial charge on any atom is -0.536 e. The van der Waals surface area contributed by atoms with Crippen molar-refractivity contribution in [2.75, 3.05) is 0 Å². The Morgan fingerprint density at radius 3 is 2.35 bits per heavy atom. The third kappa shape index (κ3) is 5.10. The van der Waals surface area contributed by atoms with Gasteiger partial charge in [0.1, 0.15) is 5.75 Å². The SMILES string of the molecule is Cc1cc(C)cc(C(=O)N(NC(=O)c2ccc3c(c2C)OB(O)CCC3)C(C)(C)C)c1. The van der Waals surface area contributed by atoms with Gasteiger partial charge in [0.15, 0.2) is 0 Å². The topological polar surface area (TPSA) is 78.9 Å². The minimum atomic E-state index is -0.879. The molecule has 2 N–H and O–H groups in total. The van der Waals surface area contributed by atoms with Crippen molar-refractivity contribution in [2.45, 2.75) is 66.2 Å². The second kappa shape index (κ2) is 8.75. The maximum absolute atomic E-state index is 13.3. The first kappa shape index (κ1) is 22.9. The molecule has 7 heteroatoms. The number of rotatable bonds is 2. The Balaban J connectivity index is 1.92. The minimum absolute atomic E-state index is 0.272. The van der Waals surface area contributed by atoms with E-state index in [0.717, 1.165) is 29.5 Å². The third-order valence-corrected chi connectivity index (χ3v) is 5.44. The van der Waals surface area contributed by atoms with Gasteiger partial charge in [0.25, 0.3) is 11.8 Å². The first-order valence-corrected chi connectivity index (χ1v) is 10.7. The monoisotopic (exact) mass is 422 g/mol. The van der Waals surface area contributed by atoms with Gasteiger partial charge in [-0.15, -0.1) is 0 Å². The zero-order valence-corrected chi connectivity index (χ0v) is 19.2. The fraction of sp³-hybridized carbons (Fsp3) is 0.417. The third-order valence-electron chi connectivity index (χ3n) is 5.44. The number of carbonyl (C=O) groups is 2. The molecule has 3 rings (SSSR count). The van der Waals surface area contributed by atoms with Crippen LogP contribution in [0.15, 0.2) is 30.3 Å². The number of amides is 2. The van der Waals surface area contributed by atoms with Crippen molar-refractivity contribution in [2.24, 2.45) is 0 Å². The van der Waals surface area contributed by atoms with Crippen molar-refractivity contribution >= 4 is 18.9 Å². The molecule has 0 spiro atoms. The normalized spacial score (nSPS) is 13.7. The van der Waals surface area contributed by atoms with E-state index >= 15 is 0 Å². The van der Waals surface area contributed by atoms with Gasteiger partial charge in [-0.2, -0.15) is 0 Å². The number of carbonyl (C=O) groups excluding carboxylic acids is 2. The van der Waals surface area contributed by atoms with Crippen LogP contribution in [0.4, 0.5) is 0 Å². The molecule has 0 bridgehead atoms. The molecule has 0 saturated heterocycles. The van der Waals surface area contributed by atoms with Gasteiger partial charge in [-0.1, -0.05) is 23.3 Å². The molecule has 1 heterocycles. The first-order chi connectivity index (χ1) is 14.5. The molecule has 0 unspecified atom stereocenters. The Morgan fingerprint density at radius 1 is 1.10 bits per heavy atom. The molecule has 0 aliphatic carbocycles. The molecule has 0 saturated carbocycles. The second-order valence-electron chi connectivity index (χ2n) is 9.32. The van der Waals surface area contributed by atoms with Crippen LogP contribution in [-0.4, -0.2) is 34.5 Å². The molecular weight excluding hydrogens is 391 g/mol. The molecule has 164 valence electrons. The summed E-state index contributed by atoms with van der Waals surface area (Å²) >= 11 is 0. The van der Waals surface area contributed by atoms with Crippen molar-refractivity contribution in [3.63, 3.8) is 0 Å². The summed E-state index contributed by atoms with van der Waals surface area (Å²) in [5.41, 5.74) is 6.71. The standard InChI is InChI=1S/C24H31BN2O4/c1-15-12-16(2)14-19(13-15)23(29)27(24(4,5)6)26-22(28)20-10-9-18-8-7-11-25(30)31-21(18)17(20)3/h9-10,12-14,30H,7-8,11H2,1-6H3,(H,26,28). The molecule has 2 aromatic carbocycles. The summed E-state index contributed by atoms with van der Waals surface area (Å²) in [5.74, 6) is -0.109. The average Bonchev–Trinajstić information content (AvgIpc) is 2.85. The lowest BCUT2D eigenvalue weighted by atomic mass is 9.84. The van der Waals surface area contributed by atoms with E-state index in [0.29, 0.717) is 28.8 Å². The van der Waals surface area contributed by atoms with Gasteiger partial charge in [0.05, 0.1) is 5.54 Å². The van der Waals surface area contributed by atoms with Crippen molar-refractivity contribution in [3.05, 3.63) is 63.7 Å². The van der Waals surface area contributed by atoms with Crippen LogP contribution in [-0.2, 0) is 6.42 Å². The van der Waals surface area contributed by atoms with E-state index in [-0.39, 0.29) is 5.91 Å². The highest BCUT2D eigenvalue weighted by atomic mass is 16.5. The maximum atomic E-state index is 13.3. The molecule has 0 aromatic heterocycles. The summed E-state index contributed by atoms with van der Waals surface area (Å²) in [7, 11) is -0.879. The van der Waals surface area contributed by atoms with Crippen LogP contribution in [0.1, 0.15) is 70.2 Å². The van der Waals surface area contributed by atoms with E-state index < -0.39 is 18.6 Å². The summed E-state index contributed by atoms with van der Waals surface area (Å²) in [6.07, 6.45) is 2.16. The highest BCUT2D eigenvalue weighted by Crippen LogP contribution is 2.31. The smallest absolute Gasteiger partial charge is 0.522 e. The highest BCUT2D eigenvalue weighted by Gasteiger charge is 2.31. The van der Waals surface area contributed by atoms with Gasteiger partial charge >= 0.3 is 7.12 Å². The lowest BCUT2D eigenvalue weighted by Crippen LogP contribution is -2.56. The van der Waals surface area contributed by atoms with Crippen LogP contribution in [0.3, 0.4) is 0 Å². The number of nitrogens with one attached hydrogen (secondary N) is 1. The largest absolute Gasteiger partial charge is 0.536 e. The van der Waals surface area contributed by atoms with Gasteiger partial charge in [0, 0.05) is 16.7 Å². The Labute approximate surface area is 184 Å². The van der Waals surface area contributed by atoms with Gasteiger partial charge in [-0.3, -0.25) is 15.0 Å². The summed E-state index contributed by atoms with van der Waals surface area (Å²) in [5, 5.41) is 11.4. The number of nitrogens with zero attached hydrogens (tertiary/aromatic N) is 1. The number of hydrogen-bond donors (Lipinski definition) is 2. The van der Waals surface area contributed by atoms with Crippen molar-refractivity contribution in [3.8, 4) is 5.75 Å². The number of aryl methyl sites for hydroxylation is 3. The maximum Gasteiger partial charge on any atom is 0.522 e. The van der Waals surface area contributed by atoms with E-state index in [1.165, 1.54) is 5.01 Å². The molecule has 31 heavy (non-hydrogen) atoms. The molecule has 1 aliphatic rings. The predicted octanol–water partition coefficient (Wildman–Crippen LogP) is 4.00. The van der Waals surface area contributed by atoms with Crippen LogP contribution in [0.25, 0.3) is 0 Å². The van der Waals surface area contributed by atoms with Crippen LogP contribution in [0.2, 0.25) is 6.32 Å². The Morgan fingerprint density at radius 2 is 1.74 bits per heavy atom. The fourth-order valence-electron chi connectivity index (χ4n) is 3.93. The molecule has 2 amide bonds. The van der Waals surface area contributed by atoms with Gasteiger partial charge in [-0.05, 0) is 84.5 Å². The van der Waals surface area contributed by atoms with E-state index in [9.17, 15) is 14.6 Å². The highest BCUT2D eigenvalue weighted by molar-refractivity contribution is 6.43. The summed E-state index contributed by atoms with van der Waals surface area (Å²) in [6.45, 7) is 11.3. The van der Waals surface area contributed by atoms with E-state index in [1.807, 2.05) is 58.9 Å². The quantitative estimate of drug-likeness (QED) is 0.567. The molecule has 0 atom stereocenters. The van der Waals surface area contributed by atoms with E-state index in [1.54, 1.807) is 13.0 Å². The average molecular weight is 422 g/mol. The first-order valence-electron chi connectivity index (χ1n) is 10.7. The Kier molecular flexibility index (Phi) is 6.46. The van der Waals surface area contributed by atoms with Crippen molar-refractivity contribution in [1.29, 1.82) is 0 Å². The van der Waals surface area contributed by atoms with Crippen LogP contribution in [0.5, 0.6) is 5.75 Å². The van der Waals surface area contributed by atoms with Crippen molar-refractivity contribution in [1.82, 2.24) is 10.4 Å². The summed E-state index contributed by atoms with van der Waals surface area (Å²) < 4.78 is 5.69. The lowest BCUT2D eigenvalue weighted by molar-refractivity contribution is 0.0358. The molecule has 0 radical (unpaired) electrons. The fourth-order valence-corrected chi connectivity index (χ4v) is 3.93. The van der Waals surface area contributed by atoms with Crippen LogP contribution >= 0.6 is 0 Å². The molecule has 2 aromatic rings. The van der Waals surface area contributed by atoms with Crippen LogP contribution < -0.4 is 10.1 Å². The molecule has 0 fully saturated rings. The summed E-state index contributed by atoms with van der Waals surface area (Å²) in [4.78, 5) is 26.5. The molecule has 6 nitrogen and oxygen atoms in total.